The molecule has 1 heterocycles. The first-order valence-corrected chi connectivity index (χ1v) is 8.89. The average Bonchev–Trinajstić information content (AvgIpc) is 2.96. The Hall–Kier alpha value is -2.45. The number of hydrogen-bond donors (Lipinski definition) is 3. The average molecular weight is 377 g/mol. The van der Waals surface area contributed by atoms with Gasteiger partial charge in [-0.3, -0.25) is 15.6 Å². The number of hydrazine groups is 1. The van der Waals surface area contributed by atoms with Crippen LogP contribution in [0.3, 0.4) is 0 Å². The Morgan fingerprint density at radius 3 is 2.56 bits per heavy atom. The zero-order valence-electron chi connectivity index (χ0n) is 13.9. The molecular weight excluding hydrogens is 358 g/mol. The third-order valence-corrected chi connectivity index (χ3v) is 4.33. The van der Waals surface area contributed by atoms with Gasteiger partial charge in [-0.05, 0) is 30.8 Å². The highest BCUT2D eigenvalue weighted by Gasteiger charge is 2.18. The summed E-state index contributed by atoms with van der Waals surface area (Å²) in [6.45, 7) is 3.41. The minimum Gasteiger partial charge on any atom is -0.462 e. The highest BCUT2D eigenvalue weighted by atomic mass is 32.1. The van der Waals surface area contributed by atoms with Gasteiger partial charge in [0, 0.05) is 18.2 Å². The molecule has 2 aromatic rings. The Kier molecular flexibility index (Phi) is 6.91. The van der Waals surface area contributed by atoms with Crippen LogP contribution in [0.25, 0.3) is 0 Å². The van der Waals surface area contributed by atoms with Crippen molar-refractivity contribution in [3.05, 3.63) is 52.4 Å². The minimum absolute atomic E-state index is 0.189. The standard InChI is InChI=1S/C17H19N3O3S2/c1-3-23-16(22)14-10-13(9-12-7-5-4-6-8-12)25-15(14)18-17(24)20-19-11(2)21/h4-8,10H,3,9H2,1-2H3,(H,19,21)(H2,18,20,24). The predicted molar refractivity (Wildman–Crippen MR) is 103 cm³/mol. The Bertz CT molecular complexity index is 760. The summed E-state index contributed by atoms with van der Waals surface area (Å²) >= 11 is 6.54. The number of nitrogens with one attached hydrogen (secondary N) is 3. The van der Waals surface area contributed by atoms with Crippen molar-refractivity contribution in [3.63, 3.8) is 0 Å². The number of anilines is 1. The van der Waals surface area contributed by atoms with E-state index >= 15 is 0 Å². The SMILES string of the molecule is CCOC(=O)c1cc(Cc2ccccc2)sc1NC(=S)NNC(C)=O. The van der Waals surface area contributed by atoms with E-state index in [0.717, 1.165) is 10.4 Å². The van der Waals surface area contributed by atoms with E-state index in [2.05, 4.69) is 16.2 Å². The minimum atomic E-state index is -0.414. The zero-order valence-corrected chi connectivity index (χ0v) is 15.6. The molecule has 0 atom stereocenters. The predicted octanol–water partition coefficient (Wildman–Crippen LogP) is 2.85. The second-order valence-corrected chi connectivity index (χ2v) is 6.64. The van der Waals surface area contributed by atoms with E-state index in [1.807, 2.05) is 30.3 Å². The van der Waals surface area contributed by atoms with Gasteiger partial charge in [0.15, 0.2) is 5.11 Å². The fourth-order valence-electron chi connectivity index (χ4n) is 2.06. The molecule has 1 aromatic heterocycles. The van der Waals surface area contributed by atoms with Gasteiger partial charge < -0.3 is 10.1 Å². The van der Waals surface area contributed by atoms with Crippen LogP contribution in [0.2, 0.25) is 0 Å². The lowest BCUT2D eigenvalue weighted by atomic mass is 10.1. The number of thiocarbonyl (C=S) groups is 1. The second kappa shape index (κ2) is 9.14. The molecule has 0 fully saturated rings. The smallest absolute Gasteiger partial charge is 0.341 e. The lowest BCUT2D eigenvalue weighted by molar-refractivity contribution is -0.119. The molecule has 0 radical (unpaired) electrons. The van der Waals surface area contributed by atoms with Crippen LogP contribution in [0.1, 0.15) is 34.6 Å². The van der Waals surface area contributed by atoms with Gasteiger partial charge in [-0.15, -0.1) is 11.3 Å². The molecule has 6 nitrogen and oxygen atoms in total. The Morgan fingerprint density at radius 1 is 1.20 bits per heavy atom. The third kappa shape index (κ3) is 5.84. The molecule has 0 spiro atoms. The summed E-state index contributed by atoms with van der Waals surface area (Å²) in [6.07, 6.45) is 0.700. The van der Waals surface area contributed by atoms with Crippen LogP contribution >= 0.6 is 23.6 Å². The van der Waals surface area contributed by atoms with E-state index in [4.69, 9.17) is 17.0 Å². The molecule has 1 aromatic carbocycles. The molecule has 132 valence electrons. The van der Waals surface area contributed by atoms with E-state index < -0.39 is 5.97 Å². The molecule has 3 N–H and O–H groups in total. The number of amides is 1. The van der Waals surface area contributed by atoms with Crippen LogP contribution in [-0.4, -0.2) is 23.6 Å². The summed E-state index contributed by atoms with van der Waals surface area (Å²) in [4.78, 5) is 24.1. The highest BCUT2D eigenvalue weighted by Crippen LogP contribution is 2.30. The lowest BCUT2D eigenvalue weighted by Gasteiger charge is -2.10. The van der Waals surface area contributed by atoms with Crippen molar-refractivity contribution in [1.82, 2.24) is 10.9 Å². The Labute approximate surface area is 155 Å². The van der Waals surface area contributed by atoms with Crippen molar-refractivity contribution in [3.8, 4) is 0 Å². The second-order valence-electron chi connectivity index (χ2n) is 5.10. The lowest BCUT2D eigenvalue weighted by Crippen LogP contribution is -2.42. The number of carbonyl (C=O) groups is 2. The quantitative estimate of drug-likeness (QED) is 0.422. The highest BCUT2D eigenvalue weighted by molar-refractivity contribution is 7.80. The zero-order chi connectivity index (χ0) is 18.2. The monoisotopic (exact) mass is 377 g/mol. The summed E-state index contributed by atoms with van der Waals surface area (Å²) in [5, 5.41) is 3.70. The number of esters is 1. The van der Waals surface area contributed by atoms with Gasteiger partial charge in [0.1, 0.15) is 5.00 Å². The molecule has 0 unspecified atom stereocenters. The number of hydrogen-bond acceptors (Lipinski definition) is 5. The summed E-state index contributed by atoms with van der Waals surface area (Å²) in [5.41, 5.74) is 6.51. The molecule has 0 saturated heterocycles. The molecule has 1 amide bonds. The maximum atomic E-state index is 12.2. The summed E-state index contributed by atoms with van der Waals surface area (Å²) in [5.74, 6) is -0.686. The molecule has 0 bridgehead atoms. The van der Waals surface area contributed by atoms with Crippen LogP contribution in [0, 0.1) is 0 Å². The molecule has 0 saturated carbocycles. The maximum Gasteiger partial charge on any atom is 0.341 e. The van der Waals surface area contributed by atoms with Gasteiger partial charge in [-0.25, -0.2) is 4.79 Å². The van der Waals surface area contributed by atoms with Crippen molar-refractivity contribution < 1.29 is 14.3 Å². The van der Waals surface area contributed by atoms with E-state index in [0.29, 0.717) is 17.0 Å². The van der Waals surface area contributed by atoms with Crippen LogP contribution in [0.15, 0.2) is 36.4 Å². The van der Waals surface area contributed by atoms with E-state index in [-0.39, 0.29) is 17.6 Å². The molecule has 2 rings (SSSR count). The number of benzene rings is 1. The van der Waals surface area contributed by atoms with Gasteiger partial charge in [0.25, 0.3) is 0 Å². The van der Waals surface area contributed by atoms with Gasteiger partial charge >= 0.3 is 5.97 Å². The van der Waals surface area contributed by atoms with Gasteiger partial charge in [-0.1, -0.05) is 30.3 Å². The largest absolute Gasteiger partial charge is 0.462 e. The molecule has 8 heteroatoms. The van der Waals surface area contributed by atoms with Gasteiger partial charge in [-0.2, -0.15) is 0 Å². The molecule has 0 aliphatic rings. The van der Waals surface area contributed by atoms with E-state index in [1.54, 1.807) is 13.0 Å². The topological polar surface area (TPSA) is 79.5 Å². The van der Waals surface area contributed by atoms with E-state index in [9.17, 15) is 9.59 Å². The van der Waals surface area contributed by atoms with Crippen molar-refractivity contribution in [2.24, 2.45) is 0 Å². The van der Waals surface area contributed by atoms with Crippen LogP contribution < -0.4 is 16.2 Å². The first-order valence-electron chi connectivity index (χ1n) is 7.67. The number of carbonyl (C=O) groups excluding carboxylic acids is 2. The Morgan fingerprint density at radius 2 is 1.92 bits per heavy atom. The van der Waals surface area contributed by atoms with Crippen molar-refractivity contribution in [2.75, 3.05) is 11.9 Å². The van der Waals surface area contributed by atoms with Gasteiger partial charge in [0.2, 0.25) is 5.91 Å². The summed E-state index contributed by atoms with van der Waals surface area (Å²) < 4.78 is 5.11. The molecular formula is C17H19N3O3S2. The van der Waals surface area contributed by atoms with Crippen molar-refractivity contribution >= 4 is 45.5 Å². The molecule has 0 aliphatic carbocycles. The summed E-state index contributed by atoms with van der Waals surface area (Å²) in [6, 6.07) is 11.8. The van der Waals surface area contributed by atoms with Crippen LogP contribution in [-0.2, 0) is 16.0 Å². The van der Waals surface area contributed by atoms with Crippen molar-refractivity contribution in [1.29, 1.82) is 0 Å². The summed E-state index contributed by atoms with van der Waals surface area (Å²) in [7, 11) is 0. The molecule has 0 aliphatic heterocycles. The third-order valence-electron chi connectivity index (χ3n) is 3.08. The fraction of sp³-hybridized carbons (Fsp3) is 0.235. The van der Waals surface area contributed by atoms with Gasteiger partial charge in [0.05, 0.1) is 12.2 Å². The van der Waals surface area contributed by atoms with E-state index in [1.165, 1.54) is 18.3 Å². The normalized spacial score (nSPS) is 10.0. The first-order chi connectivity index (χ1) is 12.0. The van der Waals surface area contributed by atoms with Crippen LogP contribution in [0.5, 0.6) is 0 Å². The van der Waals surface area contributed by atoms with Crippen LogP contribution in [0.4, 0.5) is 5.00 Å². The first kappa shape index (κ1) is 18.9. The molecule has 25 heavy (non-hydrogen) atoms. The maximum absolute atomic E-state index is 12.2. The Balaban J connectivity index is 2.18. The fourth-order valence-corrected chi connectivity index (χ4v) is 3.36. The number of thiophene rings is 1. The van der Waals surface area contributed by atoms with Crippen molar-refractivity contribution in [2.45, 2.75) is 20.3 Å². The number of rotatable bonds is 5. The number of ether oxygens (including phenoxy) is 1.